The van der Waals surface area contributed by atoms with Crippen LogP contribution in [0.2, 0.25) is 0 Å². The summed E-state index contributed by atoms with van der Waals surface area (Å²) in [5.74, 6) is 2.64. The van der Waals surface area contributed by atoms with Crippen molar-refractivity contribution in [1.29, 1.82) is 0 Å². The third-order valence-corrected chi connectivity index (χ3v) is 3.93. The Labute approximate surface area is 116 Å². The molecular formula is C15H14N2OS. The minimum atomic E-state index is 0.583. The van der Waals surface area contributed by atoms with E-state index in [9.17, 15) is 0 Å². The summed E-state index contributed by atoms with van der Waals surface area (Å²) in [6, 6.07) is 8.27. The van der Waals surface area contributed by atoms with Crippen molar-refractivity contribution in [3.8, 4) is 17.0 Å². The molecule has 1 saturated carbocycles. The van der Waals surface area contributed by atoms with Gasteiger partial charge in [0.05, 0.1) is 6.61 Å². The Hall–Kier alpha value is -1.68. The first-order chi connectivity index (χ1) is 9.29. The van der Waals surface area contributed by atoms with Gasteiger partial charge >= 0.3 is 0 Å². The third-order valence-electron chi connectivity index (χ3n) is 3.73. The number of H-pyrrole nitrogens is 1. The second kappa shape index (κ2) is 4.17. The minimum absolute atomic E-state index is 0.583. The standard InChI is InChI=1S/C15H14N2OS/c19-14-8-12(16-15(17-14)9-1-2-9)10-3-4-13-11(7-10)5-6-18-13/h3-4,7-9H,1-2,5-6H2,(H,16,17,19). The first-order valence-electron chi connectivity index (χ1n) is 6.67. The number of fused-ring (bicyclic) bond motifs is 1. The Morgan fingerprint density at radius 2 is 2.16 bits per heavy atom. The molecule has 3 nitrogen and oxygen atoms in total. The van der Waals surface area contributed by atoms with Crippen molar-refractivity contribution in [3.05, 3.63) is 40.3 Å². The number of rotatable bonds is 2. The van der Waals surface area contributed by atoms with Crippen molar-refractivity contribution in [1.82, 2.24) is 9.97 Å². The van der Waals surface area contributed by atoms with Gasteiger partial charge in [-0.1, -0.05) is 12.2 Å². The summed E-state index contributed by atoms with van der Waals surface area (Å²) < 4.78 is 6.22. The molecule has 1 aliphatic carbocycles. The first kappa shape index (κ1) is 11.2. The van der Waals surface area contributed by atoms with Gasteiger partial charge < -0.3 is 9.72 Å². The molecule has 0 radical (unpaired) electrons. The van der Waals surface area contributed by atoms with Gasteiger partial charge in [0.1, 0.15) is 16.2 Å². The summed E-state index contributed by atoms with van der Waals surface area (Å²) in [6.45, 7) is 0.790. The predicted octanol–water partition coefficient (Wildman–Crippen LogP) is 3.62. The summed E-state index contributed by atoms with van der Waals surface area (Å²) in [4.78, 5) is 7.86. The normalized spacial score (nSPS) is 17.1. The fourth-order valence-corrected chi connectivity index (χ4v) is 2.75. The van der Waals surface area contributed by atoms with Gasteiger partial charge in [-0.2, -0.15) is 0 Å². The Morgan fingerprint density at radius 1 is 1.26 bits per heavy atom. The van der Waals surface area contributed by atoms with E-state index in [0.29, 0.717) is 10.6 Å². The molecule has 0 unspecified atom stereocenters. The Kier molecular flexibility index (Phi) is 2.45. The fraction of sp³-hybridized carbons (Fsp3) is 0.333. The molecule has 1 fully saturated rings. The molecule has 0 amide bonds. The molecule has 1 N–H and O–H groups in total. The molecule has 4 rings (SSSR count). The molecule has 2 aromatic rings. The predicted molar refractivity (Wildman–Crippen MR) is 76.0 cm³/mol. The molecule has 4 heteroatoms. The van der Waals surface area contributed by atoms with Gasteiger partial charge in [-0.05, 0) is 48.2 Å². The summed E-state index contributed by atoms with van der Waals surface area (Å²) in [6.07, 6.45) is 3.43. The molecule has 96 valence electrons. The number of aromatic nitrogens is 2. The van der Waals surface area contributed by atoms with Crippen LogP contribution in [0.5, 0.6) is 5.75 Å². The van der Waals surface area contributed by atoms with E-state index in [1.54, 1.807) is 0 Å². The lowest BCUT2D eigenvalue weighted by Crippen LogP contribution is -1.95. The van der Waals surface area contributed by atoms with E-state index in [1.165, 1.54) is 24.0 Å². The molecule has 1 aliphatic heterocycles. The van der Waals surface area contributed by atoms with Gasteiger partial charge in [0.25, 0.3) is 0 Å². The lowest BCUT2D eigenvalue weighted by Gasteiger charge is -2.07. The Balaban J connectivity index is 1.81. The molecule has 0 saturated heterocycles. The fourth-order valence-electron chi connectivity index (χ4n) is 2.54. The van der Waals surface area contributed by atoms with Crippen molar-refractivity contribution in [2.75, 3.05) is 6.61 Å². The summed E-state index contributed by atoms with van der Waals surface area (Å²) in [5, 5.41) is 0. The summed E-state index contributed by atoms with van der Waals surface area (Å²) in [5.41, 5.74) is 3.51. The van der Waals surface area contributed by atoms with Crippen LogP contribution in [0, 0.1) is 4.64 Å². The zero-order valence-electron chi connectivity index (χ0n) is 10.5. The highest BCUT2D eigenvalue weighted by Crippen LogP contribution is 2.38. The average Bonchev–Trinajstić information content (AvgIpc) is 3.16. The van der Waals surface area contributed by atoms with Gasteiger partial charge in [0.15, 0.2) is 0 Å². The number of aromatic amines is 1. The van der Waals surface area contributed by atoms with Crippen LogP contribution in [0.25, 0.3) is 11.3 Å². The van der Waals surface area contributed by atoms with Crippen LogP contribution >= 0.6 is 12.2 Å². The van der Waals surface area contributed by atoms with Crippen molar-refractivity contribution < 1.29 is 4.74 Å². The Bertz CT molecular complexity index is 704. The number of nitrogens with one attached hydrogen (secondary N) is 1. The van der Waals surface area contributed by atoms with Crippen LogP contribution in [-0.2, 0) is 6.42 Å². The number of benzene rings is 1. The van der Waals surface area contributed by atoms with E-state index in [2.05, 4.69) is 22.1 Å². The van der Waals surface area contributed by atoms with Crippen LogP contribution < -0.4 is 4.74 Å². The van der Waals surface area contributed by atoms with E-state index in [4.69, 9.17) is 17.0 Å². The van der Waals surface area contributed by atoms with Gasteiger partial charge in [-0.25, -0.2) is 4.98 Å². The topological polar surface area (TPSA) is 37.9 Å². The first-order valence-corrected chi connectivity index (χ1v) is 7.08. The van der Waals surface area contributed by atoms with E-state index in [-0.39, 0.29) is 0 Å². The molecule has 2 aliphatic rings. The van der Waals surface area contributed by atoms with E-state index in [0.717, 1.165) is 30.3 Å². The zero-order chi connectivity index (χ0) is 12.8. The van der Waals surface area contributed by atoms with Crippen LogP contribution in [0.4, 0.5) is 0 Å². The van der Waals surface area contributed by atoms with Crippen LogP contribution in [-0.4, -0.2) is 16.6 Å². The average molecular weight is 270 g/mol. The van der Waals surface area contributed by atoms with Crippen LogP contribution in [0.15, 0.2) is 24.3 Å². The third kappa shape index (κ3) is 2.06. The molecule has 19 heavy (non-hydrogen) atoms. The highest BCUT2D eigenvalue weighted by molar-refractivity contribution is 7.71. The molecule has 0 atom stereocenters. The molecule has 0 spiro atoms. The summed E-state index contributed by atoms with van der Waals surface area (Å²) in [7, 11) is 0. The molecule has 0 bridgehead atoms. The minimum Gasteiger partial charge on any atom is -0.493 e. The maximum atomic E-state index is 5.54. The van der Waals surface area contributed by atoms with Crippen molar-refractivity contribution in [2.45, 2.75) is 25.2 Å². The number of hydrogen-bond donors (Lipinski definition) is 1. The molecular weight excluding hydrogens is 256 g/mol. The number of nitrogens with zero attached hydrogens (tertiary/aromatic N) is 1. The number of hydrogen-bond acceptors (Lipinski definition) is 3. The van der Waals surface area contributed by atoms with Crippen LogP contribution in [0.3, 0.4) is 0 Å². The van der Waals surface area contributed by atoms with E-state index < -0.39 is 0 Å². The van der Waals surface area contributed by atoms with Crippen molar-refractivity contribution >= 4 is 12.2 Å². The van der Waals surface area contributed by atoms with Crippen LogP contribution in [0.1, 0.15) is 30.1 Å². The quantitative estimate of drug-likeness (QED) is 0.847. The lowest BCUT2D eigenvalue weighted by molar-refractivity contribution is 0.357. The van der Waals surface area contributed by atoms with Crippen molar-refractivity contribution in [3.63, 3.8) is 0 Å². The molecule has 1 aromatic heterocycles. The van der Waals surface area contributed by atoms with Crippen molar-refractivity contribution in [2.24, 2.45) is 0 Å². The Morgan fingerprint density at radius 3 is 3.00 bits per heavy atom. The SMILES string of the molecule is S=c1cc(-c2ccc3c(c2)CCO3)[nH]c(C2CC2)n1. The lowest BCUT2D eigenvalue weighted by atomic mass is 10.1. The van der Waals surface area contributed by atoms with Gasteiger partial charge in [0.2, 0.25) is 0 Å². The number of ether oxygens (including phenoxy) is 1. The maximum Gasteiger partial charge on any atom is 0.130 e. The highest BCUT2D eigenvalue weighted by Gasteiger charge is 2.26. The summed E-state index contributed by atoms with van der Waals surface area (Å²) >= 11 is 5.28. The van der Waals surface area contributed by atoms with E-state index >= 15 is 0 Å². The monoisotopic (exact) mass is 270 g/mol. The second-order valence-corrected chi connectivity index (χ2v) is 5.63. The second-order valence-electron chi connectivity index (χ2n) is 5.21. The van der Waals surface area contributed by atoms with Gasteiger partial charge in [0, 0.05) is 18.0 Å². The highest BCUT2D eigenvalue weighted by atomic mass is 32.1. The van der Waals surface area contributed by atoms with Gasteiger partial charge in [-0.3, -0.25) is 0 Å². The molecule has 1 aromatic carbocycles. The largest absolute Gasteiger partial charge is 0.493 e. The zero-order valence-corrected chi connectivity index (χ0v) is 11.3. The maximum absolute atomic E-state index is 5.54. The van der Waals surface area contributed by atoms with E-state index in [1.807, 2.05) is 12.1 Å². The smallest absolute Gasteiger partial charge is 0.130 e. The van der Waals surface area contributed by atoms with Gasteiger partial charge in [-0.15, -0.1) is 0 Å². The molecule has 2 heterocycles.